The molecule has 0 aliphatic rings. The Morgan fingerprint density at radius 1 is 1.21 bits per heavy atom. The van der Waals surface area contributed by atoms with E-state index in [2.05, 4.69) is 59.3 Å². The van der Waals surface area contributed by atoms with E-state index in [0.717, 1.165) is 9.99 Å². The monoisotopic (exact) mass is 442 g/mol. The highest BCUT2D eigenvalue weighted by Crippen LogP contribution is 2.20. The summed E-state index contributed by atoms with van der Waals surface area (Å²) in [6.07, 6.45) is 2.80. The van der Waals surface area contributed by atoms with Crippen molar-refractivity contribution in [2.75, 3.05) is 13.7 Å². The van der Waals surface area contributed by atoms with E-state index >= 15 is 0 Å². The van der Waals surface area contributed by atoms with E-state index in [4.69, 9.17) is 4.74 Å². The van der Waals surface area contributed by atoms with Crippen molar-refractivity contribution in [2.45, 2.75) is 19.4 Å². The minimum atomic E-state index is -0.0303. The molecule has 4 rings (SSSR count). The van der Waals surface area contributed by atoms with Gasteiger partial charge in [0.2, 0.25) is 11.8 Å². The lowest BCUT2D eigenvalue weighted by molar-refractivity contribution is -0.121. The minimum absolute atomic E-state index is 0.0303. The molecule has 0 fully saturated rings. The van der Waals surface area contributed by atoms with Crippen molar-refractivity contribution < 1.29 is 9.53 Å². The van der Waals surface area contributed by atoms with E-state index in [0.29, 0.717) is 43.3 Å². The van der Waals surface area contributed by atoms with Gasteiger partial charge in [-0.3, -0.25) is 4.79 Å². The molecular formula is C19H19BrN6O2. The summed E-state index contributed by atoms with van der Waals surface area (Å²) in [7, 11) is 1.55. The molecule has 0 atom stereocenters. The number of benzene rings is 1. The highest BCUT2D eigenvalue weighted by molar-refractivity contribution is 9.10. The molecule has 3 aromatic heterocycles. The van der Waals surface area contributed by atoms with Crippen molar-refractivity contribution in [2.24, 2.45) is 0 Å². The Hall–Kier alpha value is -2.94. The molecule has 0 aliphatic carbocycles. The number of fused-ring (bicyclic) bond motifs is 2. The Bertz CT molecular complexity index is 1140. The van der Waals surface area contributed by atoms with Gasteiger partial charge in [0.1, 0.15) is 0 Å². The van der Waals surface area contributed by atoms with Crippen LogP contribution in [0, 0.1) is 0 Å². The summed E-state index contributed by atoms with van der Waals surface area (Å²) in [5.74, 6) is 1.08. The van der Waals surface area contributed by atoms with Gasteiger partial charge in [0, 0.05) is 48.2 Å². The first kappa shape index (κ1) is 18.4. The van der Waals surface area contributed by atoms with E-state index in [1.54, 1.807) is 23.8 Å². The fourth-order valence-corrected chi connectivity index (χ4v) is 3.41. The molecule has 0 unspecified atom stereocenters. The molecule has 1 N–H and O–H groups in total. The second kappa shape index (κ2) is 7.97. The van der Waals surface area contributed by atoms with Gasteiger partial charge in [-0.2, -0.15) is 4.52 Å². The third-order valence-corrected chi connectivity index (χ3v) is 4.99. The number of nitrogens with one attached hydrogen (secondary N) is 1. The van der Waals surface area contributed by atoms with Crippen LogP contribution in [0.25, 0.3) is 16.6 Å². The molecule has 1 aromatic carbocycles. The summed E-state index contributed by atoms with van der Waals surface area (Å²) in [6, 6.07) is 11.7. The second-order valence-corrected chi connectivity index (χ2v) is 7.24. The highest BCUT2D eigenvalue weighted by Gasteiger charge is 2.10. The van der Waals surface area contributed by atoms with Crippen LogP contribution in [-0.2, 0) is 17.8 Å². The quantitative estimate of drug-likeness (QED) is 0.475. The number of nitrogens with zero attached hydrogens (tertiary/aromatic N) is 5. The van der Waals surface area contributed by atoms with Gasteiger partial charge in [0.05, 0.1) is 7.11 Å². The van der Waals surface area contributed by atoms with Crippen LogP contribution in [0.2, 0.25) is 0 Å². The maximum Gasteiger partial charge on any atom is 0.231 e. The summed E-state index contributed by atoms with van der Waals surface area (Å²) in [6.45, 7) is 1.26. The molecule has 0 saturated heterocycles. The normalized spacial score (nSPS) is 11.2. The first-order chi connectivity index (χ1) is 13.6. The molecule has 4 aromatic rings. The Balaban J connectivity index is 1.32. The number of halogens is 1. The van der Waals surface area contributed by atoms with Gasteiger partial charge >= 0.3 is 0 Å². The van der Waals surface area contributed by atoms with Gasteiger partial charge in [-0.15, -0.1) is 15.3 Å². The molecule has 3 heterocycles. The van der Waals surface area contributed by atoms with Crippen molar-refractivity contribution in [3.05, 3.63) is 52.9 Å². The largest absolute Gasteiger partial charge is 0.480 e. The number of aryl methyl sites for hydroxylation is 1. The summed E-state index contributed by atoms with van der Waals surface area (Å²) >= 11 is 3.50. The first-order valence-electron chi connectivity index (χ1n) is 8.90. The summed E-state index contributed by atoms with van der Waals surface area (Å²) in [4.78, 5) is 12.2. The molecule has 9 heteroatoms. The van der Waals surface area contributed by atoms with Crippen molar-refractivity contribution >= 4 is 38.4 Å². The lowest BCUT2D eigenvalue weighted by Gasteiger charge is -2.08. The molecule has 8 nitrogen and oxygen atoms in total. The van der Waals surface area contributed by atoms with Gasteiger partial charge in [0.25, 0.3) is 0 Å². The van der Waals surface area contributed by atoms with Gasteiger partial charge in [-0.25, -0.2) is 0 Å². The number of carbonyl (C=O) groups is 1. The lowest BCUT2D eigenvalue weighted by Crippen LogP contribution is -2.27. The standard InChI is InChI=1S/C19H19BrN6O2/c1-28-19-7-5-17-23-22-16(26(17)24-19)4-6-18(27)21-9-11-25-10-8-13-2-3-14(20)12-15(13)25/h2-3,5,7-8,10,12H,4,6,9,11H2,1H3,(H,21,27). The predicted molar refractivity (Wildman–Crippen MR) is 108 cm³/mol. The Labute approximate surface area is 169 Å². The summed E-state index contributed by atoms with van der Waals surface area (Å²) < 4.78 is 9.90. The van der Waals surface area contributed by atoms with Crippen molar-refractivity contribution in [3.63, 3.8) is 0 Å². The fraction of sp³-hybridized carbons (Fsp3) is 0.263. The molecule has 0 spiro atoms. The van der Waals surface area contributed by atoms with E-state index in [-0.39, 0.29) is 5.91 Å². The number of ether oxygens (including phenoxy) is 1. The third-order valence-electron chi connectivity index (χ3n) is 4.50. The average molecular weight is 443 g/mol. The summed E-state index contributed by atoms with van der Waals surface area (Å²) in [5.41, 5.74) is 1.76. The van der Waals surface area contributed by atoms with Crippen LogP contribution in [0.4, 0.5) is 0 Å². The number of hydrogen-bond acceptors (Lipinski definition) is 5. The number of rotatable bonds is 7. The number of methoxy groups -OCH3 is 1. The van der Waals surface area contributed by atoms with Crippen LogP contribution in [0.15, 0.2) is 47.1 Å². The van der Waals surface area contributed by atoms with E-state index in [1.807, 2.05) is 12.3 Å². The highest BCUT2D eigenvalue weighted by atomic mass is 79.9. The average Bonchev–Trinajstić information content (AvgIpc) is 3.29. The molecule has 1 amide bonds. The number of amides is 1. The third kappa shape index (κ3) is 3.84. The van der Waals surface area contributed by atoms with E-state index < -0.39 is 0 Å². The van der Waals surface area contributed by atoms with Crippen molar-refractivity contribution in [1.82, 2.24) is 29.7 Å². The maximum absolute atomic E-state index is 12.2. The van der Waals surface area contributed by atoms with Crippen LogP contribution in [-0.4, -0.2) is 43.9 Å². The zero-order valence-electron chi connectivity index (χ0n) is 15.3. The molecule has 0 radical (unpaired) electrons. The van der Waals surface area contributed by atoms with Crippen molar-refractivity contribution in [3.8, 4) is 5.88 Å². The predicted octanol–water partition coefficient (Wildman–Crippen LogP) is 2.60. The Morgan fingerprint density at radius 2 is 2.11 bits per heavy atom. The lowest BCUT2D eigenvalue weighted by atomic mass is 10.2. The van der Waals surface area contributed by atoms with Gasteiger partial charge in [-0.1, -0.05) is 22.0 Å². The molecule has 0 aliphatic heterocycles. The van der Waals surface area contributed by atoms with Gasteiger partial charge in [0.15, 0.2) is 11.5 Å². The van der Waals surface area contributed by atoms with Gasteiger partial charge < -0.3 is 14.6 Å². The number of carbonyl (C=O) groups excluding carboxylic acids is 1. The van der Waals surface area contributed by atoms with Crippen molar-refractivity contribution in [1.29, 1.82) is 0 Å². The summed E-state index contributed by atoms with van der Waals surface area (Å²) in [5, 5.41) is 16.6. The van der Waals surface area contributed by atoms with Crippen LogP contribution in [0.1, 0.15) is 12.2 Å². The first-order valence-corrected chi connectivity index (χ1v) is 9.70. The molecular weight excluding hydrogens is 424 g/mol. The minimum Gasteiger partial charge on any atom is -0.480 e. The smallest absolute Gasteiger partial charge is 0.231 e. The molecule has 0 bridgehead atoms. The molecule has 144 valence electrons. The van der Waals surface area contributed by atoms with Crippen LogP contribution in [0.5, 0.6) is 5.88 Å². The zero-order valence-corrected chi connectivity index (χ0v) is 16.9. The van der Waals surface area contributed by atoms with Gasteiger partial charge in [-0.05, 0) is 29.7 Å². The topological polar surface area (TPSA) is 86.3 Å². The van der Waals surface area contributed by atoms with Crippen LogP contribution < -0.4 is 10.1 Å². The molecule has 28 heavy (non-hydrogen) atoms. The van der Waals surface area contributed by atoms with Crippen LogP contribution >= 0.6 is 15.9 Å². The number of aromatic nitrogens is 5. The van der Waals surface area contributed by atoms with E-state index in [1.165, 1.54) is 5.39 Å². The molecule has 0 saturated carbocycles. The Kier molecular flexibility index (Phi) is 5.25. The zero-order chi connectivity index (χ0) is 19.5. The van der Waals surface area contributed by atoms with E-state index in [9.17, 15) is 4.79 Å². The Morgan fingerprint density at radius 3 is 2.96 bits per heavy atom. The van der Waals surface area contributed by atoms with Crippen LogP contribution in [0.3, 0.4) is 0 Å². The number of hydrogen-bond donors (Lipinski definition) is 1. The fourth-order valence-electron chi connectivity index (χ4n) is 3.06. The maximum atomic E-state index is 12.2. The second-order valence-electron chi connectivity index (χ2n) is 6.32. The SMILES string of the molecule is COc1ccc2nnc(CCC(=O)NCCn3ccc4ccc(Br)cc43)n2n1.